The van der Waals surface area contributed by atoms with Gasteiger partial charge in [0.2, 0.25) is 0 Å². The summed E-state index contributed by atoms with van der Waals surface area (Å²) in [6, 6.07) is 9.59. The van der Waals surface area contributed by atoms with Gasteiger partial charge in [-0.3, -0.25) is 14.4 Å². The molecule has 0 spiro atoms. The molecular formula is C17H12ClNO3. The Labute approximate surface area is 132 Å². The van der Waals surface area contributed by atoms with Gasteiger partial charge in [0.25, 0.3) is 5.91 Å². The van der Waals surface area contributed by atoms with Crippen LogP contribution in [-0.4, -0.2) is 36.5 Å². The Morgan fingerprint density at radius 2 is 1.50 bits per heavy atom. The second-order valence-corrected chi connectivity index (χ2v) is 5.63. The van der Waals surface area contributed by atoms with E-state index in [9.17, 15) is 14.4 Å². The molecule has 3 rings (SSSR count). The van der Waals surface area contributed by atoms with Crippen molar-refractivity contribution in [1.29, 1.82) is 0 Å². The molecular weight excluding hydrogens is 302 g/mol. The molecule has 0 aromatic heterocycles. The van der Waals surface area contributed by atoms with Gasteiger partial charge >= 0.3 is 0 Å². The van der Waals surface area contributed by atoms with Crippen molar-refractivity contribution in [1.82, 2.24) is 4.90 Å². The maximum absolute atomic E-state index is 12.7. The van der Waals surface area contributed by atoms with Gasteiger partial charge in [-0.15, -0.1) is 0 Å². The lowest BCUT2D eigenvalue weighted by Crippen LogP contribution is -2.25. The number of hydrogen-bond acceptors (Lipinski definition) is 3. The highest BCUT2D eigenvalue weighted by Gasteiger charge is 2.33. The van der Waals surface area contributed by atoms with Gasteiger partial charge in [-0.25, -0.2) is 0 Å². The number of ketones is 2. The molecule has 1 aliphatic carbocycles. The minimum Gasteiger partial charge on any atom is -0.345 e. The van der Waals surface area contributed by atoms with Crippen LogP contribution in [0, 0.1) is 0 Å². The summed E-state index contributed by atoms with van der Waals surface area (Å²) >= 11 is 6.27. The Hall–Kier alpha value is -2.46. The molecule has 0 atom stereocenters. The fraction of sp³-hybridized carbons (Fsp3) is 0.118. The molecule has 0 heterocycles. The first-order chi connectivity index (χ1) is 10.4. The van der Waals surface area contributed by atoms with Crippen LogP contribution in [0.15, 0.2) is 36.4 Å². The van der Waals surface area contributed by atoms with E-state index in [4.69, 9.17) is 11.6 Å². The molecule has 5 heteroatoms. The number of carbonyl (C=O) groups is 3. The lowest BCUT2D eigenvalue weighted by molar-refractivity contribution is 0.0827. The second kappa shape index (κ2) is 5.07. The molecule has 2 aromatic carbocycles. The predicted octanol–water partition coefficient (Wildman–Crippen LogP) is 2.82. The Morgan fingerprint density at radius 1 is 0.909 bits per heavy atom. The first-order valence-electron chi connectivity index (χ1n) is 6.66. The third-order valence-corrected chi connectivity index (χ3v) is 4.06. The number of nitrogens with zero attached hydrogens (tertiary/aromatic N) is 1. The molecule has 22 heavy (non-hydrogen) atoms. The molecule has 110 valence electrons. The van der Waals surface area contributed by atoms with Crippen LogP contribution in [0.25, 0.3) is 0 Å². The summed E-state index contributed by atoms with van der Waals surface area (Å²) in [5.74, 6) is -0.897. The molecule has 2 aromatic rings. The number of benzene rings is 2. The molecule has 1 aliphatic rings. The van der Waals surface area contributed by atoms with Crippen LogP contribution in [0.5, 0.6) is 0 Å². The quantitative estimate of drug-likeness (QED) is 0.694. The van der Waals surface area contributed by atoms with Crippen LogP contribution in [0.1, 0.15) is 42.2 Å². The van der Waals surface area contributed by atoms with Crippen molar-refractivity contribution in [2.24, 2.45) is 0 Å². The number of amides is 1. The topological polar surface area (TPSA) is 54.5 Å². The Kier molecular flexibility index (Phi) is 3.34. The molecule has 0 unspecified atom stereocenters. The van der Waals surface area contributed by atoms with Gasteiger partial charge in [0.1, 0.15) is 0 Å². The van der Waals surface area contributed by atoms with Gasteiger partial charge in [-0.2, -0.15) is 0 Å². The SMILES string of the molecule is CN(C)C(=O)c1ccc2c(c1Cl)C(=O)c1ccccc1C2=O. The van der Waals surface area contributed by atoms with Crippen molar-refractivity contribution in [3.63, 3.8) is 0 Å². The monoisotopic (exact) mass is 313 g/mol. The van der Waals surface area contributed by atoms with Crippen LogP contribution in [0.4, 0.5) is 0 Å². The van der Waals surface area contributed by atoms with E-state index in [0.29, 0.717) is 11.1 Å². The normalized spacial score (nSPS) is 12.7. The average Bonchev–Trinajstić information content (AvgIpc) is 2.51. The zero-order valence-electron chi connectivity index (χ0n) is 12.0. The van der Waals surface area contributed by atoms with E-state index in [1.165, 1.54) is 17.0 Å². The fourth-order valence-corrected chi connectivity index (χ4v) is 2.88. The fourth-order valence-electron chi connectivity index (χ4n) is 2.55. The highest BCUT2D eigenvalue weighted by molar-refractivity contribution is 6.41. The smallest absolute Gasteiger partial charge is 0.254 e. The minimum absolute atomic E-state index is 0.0315. The molecule has 0 aliphatic heterocycles. The summed E-state index contributed by atoms with van der Waals surface area (Å²) < 4.78 is 0. The molecule has 1 amide bonds. The summed E-state index contributed by atoms with van der Waals surface area (Å²) in [7, 11) is 3.20. The van der Waals surface area contributed by atoms with Crippen LogP contribution >= 0.6 is 11.6 Å². The first-order valence-corrected chi connectivity index (χ1v) is 7.04. The number of hydrogen-bond donors (Lipinski definition) is 0. The maximum Gasteiger partial charge on any atom is 0.254 e. The standard InChI is InChI=1S/C17H12ClNO3/c1-19(2)17(22)12-8-7-11-13(14(12)18)16(21)10-6-4-3-5-9(10)15(11)20/h3-8H,1-2H3. The molecule has 0 saturated heterocycles. The van der Waals surface area contributed by atoms with Crippen LogP contribution in [-0.2, 0) is 0 Å². The van der Waals surface area contributed by atoms with Crippen molar-refractivity contribution < 1.29 is 14.4 Å². The van der Waals surface area contributed by atoms with Crippen LogP contribution < -0.4 is 0 Å². The van der Waals surface area contributed by atoms with Gasteiger partial charge in [-0.1, -0.05) is 35.9 Å². The van der Waals surface area contributed by atoms with Gasteiger partial charge in [0, 0.05) is 30.8 Å². The summed E-state index contributed by atoms with van der Waals surface area (Å²) in [6.45, 7) is 0. The van der Waals surface area contributed by atoms with E-state index in [1.807, 2.05) is 0 Å². The van der Waals surface area contributed by atoms with Gasteiger partial charge < -0.3 is 4.90 Å². The van der Waals surface area contributed by atoms with E-state index in [-0.39, 0.29) is 39.2 Å². The average molecular weight is 314 g/mol. The highest BCUT2D eigenvalue weighted by Crippen LogP contribution is 2.34. The molecule has 0 saturated carbocycles. The van der Waals surface area contributed by atoms with Crippen LogP contribution in [0.3, 0.4) is 0 Å². The lowest BCUT2D eigenvalue weighted by atomic mass is 9.83. The van der Waals surface area contributed by atoms with Gasteiger partial charge in [0.05, 0.1) is 16.1 Å². The van der Waals surface area contributed by atoms with E-state index in [1.54, 1.807) is 38.4 Å². The van der Waals surface area contributed by atoms with E-state index in [0.717, 1.165) is 0 Å². The summed E-state index contributed by atoms with van der Waals surface area (Å²) in [6.07, 6.45) is 0. The first kappa shape index (κ1) is 14.5. The Balaban J connectivity index is 2.26. The summed E-state index contributed by atoms with van der Waals surface area (Å²) in [5, 5.41) is 0.0315. The highest BCUT2D eigenvalue weighted by atomic mass is 35.5. The summed E-state index contributed by atoms with van der Waals surface area (Å²) in [5.41, 5.74) is 1.24. The van der Waals surface area contributed by atoms with E-state index in [2.05, 4.69) is 0 Å². The largest absolute Gasteiger partial charge is 0.345 e. The molecule has 4 nitrogen and oxygen atoms in total. The maximum atomic E-state index is 12.7. The number of halogens is 1. The molecule has 0 N–H and O–H groups in total. The van der Waals surface area contributed by atoms with E-state index >= 15 is 0 Å². The van der Waals surface area contributed by atoms with Crippen molar-refractivity contribution >= 4 is 29.1 Å². The number of fused-ring (bicyclic) bond motifs is 2. The predicted molar refractivity (Wildman–Crippen MR) is 82.8 cm³/mol. The Morgan fingerprint density at radius 3 is 2.09 bits per heavy atom. The Bertz CT molecular complexity index is 840. The molecule has 0 bridgehead atoms. The van der Waals surface area contributed by atoms with Gasteiger partial charge in [0.15, 0.2) is 11.6 Å². The molecule has 0 fully saturated rings. The number of rotatable bonds is 1. The van der Waals surface area contributed by atoms with E-state index < -0.39 is 0 Å². The lowest BCUT2D eigenvalue weighted by Gasteiger charge is -2.20. The van der Waals surface area contributed by atoms with Crippen molar-refractivity contribution in [2.45, 2.75) is 0 Å². The van der Waals surface area contributed by atoms with Gasteiger partial charge in [-0.05, 0) is 12.1 Å². The molecule has 0 radical (unpaired) electrons. The zero-order valence-corrected chi connectivity index (χ0v) is 12.8. The third kappa shape index (κ3) is 1.96. The van der Waals surface area contributed by atoms with Crippen molar-refractivity contribution in [3.8, 4) is 0 Å². The summed E-state index contributed by atoms with van der Waals surface area (Å²) in [4.78, 5) is 38.7. The van der Waals surface area contributed by atoms with Crippen molar-refractivity contribution in [2.75, 3.05) is 14.1 Å². The zero-order chi connectivity index (χ0) is 16.0. The van der Waals surface area contributed by atoms with Crippen molar-refractivity contribution in [3.05, 3.63) is 69.2 Å². The minimum atomic E-state index is -0.330. The van der Waals surface area contributed by atoms with Crippen LogP contribution in [0.2, 0.25) is 5.02 Å². The number of carbonyl (C=O) groups excluding carboxylic acids is 3. The second-order valence-electron chi connectivity index (χ2n) is 5.25. The third-order valence-electron chi connectivity index (χ3n) is 3.67.